The molecule has 1 aromatic carbocycles. The Kier molecular flexibility index (Phi) is 3.83. The molecular weight excluding hydrogens is 196 g/mol. The van der Waals surface area contributed by atoms with Crippen LogP contribution in [0.3, 0.4) is 0 Å². The molecule has 0 aromatic heterocycles. The summed E-state index contributed by atoms with van der Waals surface area (Å²) in [6, 6.07) is 6.68. The molecule has 2 N–H and O–H groups in total. The molecule has 0 saturated carbocycles. The monoisotopic (exact) mass is 218 g/mol. The predicted octanol–water partition coefficient (Wildman–Crippen LogP) is 2.83. The number of rotatable bonds is 2. The van der Waals surface area contributed by atoms with Gasteiger partial charge in [-0.2, -0.15) is 0 Å². The summed E-state index contributed by atoms with van der Waals surface area (Å²) in [6.07, 6.45) is 5.43. The van der Waals surface area contributed by atoms with Crippen LogP contribution in [0.15, 0.2) is 18.2 Å². The number of anilines is 1. The highest BCUT2D eigenvalue weighted by atomic mass is 15.1. The Morgan fingerprint density at radius 2 is 1.81 bits per heavy atom. The van der Waals surface area contributed by atoms with Crippen molar-refractivity contribution in [1.82, 2.24) is 0 Å². The van der Waals surface area contributed by atoms with Crippen LogP contribution in [0.2, 0.25) is 0 Å². The molecule has 0 bridgehead atoms. The van der Waals surface area contributed by atoms with E-state index in [2.05, 4.69) is 30.0 Å². The van der Waals surface area contributed by atoms with E-state index in [0.29, 0.717) is 6.54 Å². The SMILES string of the molecule is Cc1cc(N2CCCCCC2)ccc1CN. The van der Waals surface area contributed by atoms with E-state index in [1.165, 1.54) is 55.6 Å². The van der Waals surface area contributed by atoms with Gasteiger partial charge in [0.1, 0.15) is 0 Å². The van der Waals surface area contributed by atoms with Gasteiger partial charge in [0.2, 0.25) is 0 Å². The zero-order valence-electron chi connectivity index (χ0n) is 10.2. The number of hydrogen-bond acceptors (Lipinski definition) is 2. The van der Waals surface area contributed by atoms with Gasteiger partial charge < -0.3 is 10.6 Å². The molecule has 0 spiro atoms. The number of benzene rings is 1. The second-order valence-corrected chi connectivity index (χ2v) is 4.72. The number of hydrogen-bond donors (Lipinski definition) is 1. The number of aryl methyl sites for hydroxylation is 1. The summed E-state index contributed by atoms with van der Waals surface area (Å²) in [4.78, 5) is 2.51. The maximum atomic E-state index is 5.69. The van der Waals surface area contributed by atoms with Gasteiger partial charge in [-0.05, 0) is 43.0 Å². The van der Waals surface area contributed by atoms with Crippen molar-refractivity contribution in [3.63, 3.8) is 0 Å². The Morgan fingerprint density at radius 3 is 2.38 bits per heavy atom. The van der Waals surface area contributed by atoms with E-state index in [1.54, 1.807) is 0 Å². The predicted molar refractivity (Wildman–Crippen MR) is 69.8 cm³/mol. The molecule has 1 aromatic rings. The van der Waals surface area contributed by atoms with Gasteiger partial charge in [0, 0.05) is 25.3 Å². The van der Waals surface area contributed by atoms with Gasteiger partial charge in [-0.25, -0.2) is 0 Å². The van der Waals surface area contributed by atoms with Gasteiger partial charge in [-0.15, -0.1) is 0 Å². The zero-order valence-corrected chi connectivity index (χ0v) is 10.2. The van der Waals surface area contributed by atoms with E-state index in [4.69, 9.17) is 5.73 Å². The quantitative estimate of drug-likeness (QED) is 0.827. The fourth-order valence-electron chi connectivity index (χ4n) is 2.43. The van der Waals surface area contributed by atoms with Gasteiger partial charge in [-0.3, -0.25) is 0 Å². The molecule has 0 unspecified atom stereocenters. The molecule has 2 rings (SSSR count). The second kappa shape index (κ2) is 5.35. The van der Waals surface area contributed by atoms with Crippen molar-refractivity contribution in [2.45, 2.75) is 39.2 Å². The maximum absolute atomic E-state index is 5.69. The molecule has 2 heteroatoms. The highest BCUT2D eigenvalue weighted by molar-refractivity contribution is 5.50. The smallest absolute Gasteiger partial charge is 0.0369 e. The Bertz CT molecular complexity index is 339. The first-order valence-electron chi connectivity index (χ1n) is 6.36. The van der Waals surface area contributed by atoms with Gasteiger partial charge in [0.25, 0.3) is 0 Å². The lowest BCUT2D eigenvalue weighted by Crippen LogP contribution is -2.23. The Labute approximate surface area is 98.4 Å². The van der Waals surface area contributed by atoms with Crippen molar-refractivity contribution in [3.8, 4) is 0 Å². The molecule has 88 valence electrons. The van der Waals surface area contributed by atoms with Crippen LogP contribution in [0.4, 0.5) is 5.69 Å². The minimum absolute atomic E-state index is 0.645. The van der Waals surface area contributed by atoms with E-state index in [1.807, 2.05) is 0 Å². The lowest BCUT2D eigenvalue weighted by Gasteiger charge is -2.23. The lowest BCUT2D eigenvalue weighted by atomic mass is 10.1. The molecule has 0 aliphatic carbocycles. The first kappa shape index (κ1) is 11.5. The molecule has 16 heavy (non-hydrogen) atoms. The van der Waals surface area contributed by atoms with Crippen molar-refractivity contribution >= 4 is 5.69 Å². The Hall–Kier alpha value is -1.02. The fourth-order valence-corrected chi connectivity index (χ4v) is 2.43. The lowest BCUT2D eigenvalue weighted by molar-refractivity contribution is 0.726. The van der Waals surface area contributed by atoms with E-state index in [9.17, 15) is 0 Å². The van der Waals surface area contributed by atoms with Gasteiger partial charge >= 0.3 is 0 Å². The van der Waals surface area contributed by atoms with Gasteiger partial charge in [-0.1, -0.05) is 18.9 Å². The number of nitrogens with two attached hydrogens (primary N) is 1. The third kappa shape index (κ3) is 2.56. The summed E-state index contributed by atoms with van der Waals surface area (Å²) >= 11 is 0. The summed E-state index contributed by atoms with van der Waals surface area (Å²) in [5, 5.41) is 0. The molecule has 2 nitrogen and oxygen atoms in total. The molecule has 0 radical (unpaired) electrons. The topological polar surface area (TPSA) is 29.3 Å². The van der Waals surface area contributed by atoms with Gasteiger partial charge in [0.05, 0.1) is 0 Å². The zero-order chi connectivity index (χ0) is 11.4. The summed E-state index contributed by atoms with van der Waals surface area (Å²) in [5.41, 5.74) is 9.65. The summed E-state index contributed by atoms with van der Waals surface area (Å²) in [7, 11) is 0. The third-order valence-electron chi connectivity index (χ3n) is 3.52. The Morgan fingerprint density at radius 1 is 1.12 bits per heavy atom. The molecule has 1 fully saturated rings. The van der Waals surface area contributed by atoms with Crippen LogP contribution in [0.25, 0.3) is 0 Å². The van der Waals surface area contributed by atoms with Crippen molar-refractivity contribution < 1.29 is 0 Å². The van der Waals surface area contributed by atoms with E-state index >= 15 is 0 Å². The first-order chi connectivity index (χ1) is 7.81. The summed E-state index contributed by atoms with van der Waals surface area (Å²) in [6.45, 7) is 5.22. The molecule has 1 heterocycles. The second-order valence-electron chi connectivity index (χ2n) is 4.72. The molecule has 0 amide bonds. The standard InChI is InChI=1S/C14H22N2/c1-12-10-14(7-6-13(12)11-15)16-8-4-2-3-5-9-16/h6-7,10H,2-5,8-9,11,15H2,1H3. The van der Waals surface area contributed by atoms with Crippen molar-refractivity contribution in [3.05, 3.63) is 29.3 Å². The van der Waals surface area contributed by atoms with Crippen molar-refractivity contribution in [1.29, 1.82) is 0 Å². The van der Waals surface area contributed by atoms with Crippen LogP contribution in [0, 0.1) is 6.92 Å². The van der Waals surface area contributed by atoms with Crippen LogP contribution in [-0.2, 0) is 6.54 Å². The minimum atomic E-state index is 0.645. The van der Waals surface area contributed by atoms with E-state index in [0.717, 1.165) is 0 Å². The highest BCUT2D eigenvalue weighted by Crippen LogP contribution is 2.22. The normalized spacial score (nSPS) is 17.2. The van der Waals surface area contributed by atoms with Crippen LogP contribution < -0.4 is 10.6 Å². The number of nitrogens with zero attached hydrogens (tertiary/aromatic N) is 1. The van der Waals surface area contributed by atoms with Crippen molar-refractivity contribution in [2.75, 3.05) is 18.0 Å². The molecule has 0 atom stereocenters. The van der Waals surface area contributed by atoms with E-state index in [-0.39, 0.29) is 0 Å². The molecule has 1 aliphatic heterocycles. The molecular formula is C14H22N2. The largest absolute Gasteiger partial charge is 0.372 e. The Balaban J connectivity index is 2.16. The average Bonchev–Trinajstić information content (AvgIpc) is 2.57. The van der Waals surface area contributed by atoms with Crippen LogP contribution in [-0.4, -0.2) is 13.1 Å². The van der Waals surface area contributed by atoms with Crippen LogP contribution in [0.1, 0.15) is 36.8 Å². The minimum Gasteiger partial charge on any atom is -0.372 e. The van der Waals surface area contributed by atoms with Crippen LogP contribution in [0.5, 0.6) is 0 Å². The molecule has 1 aliphatic rings. The first-order valence-corrected chi connectivity index (χ1v) is 6.36. The van der Waals surface area contributed by atoms with Gasteiger partial charge in [0.15, 0.2) is 0 Å². The molecule has 1 saturated heterocycles. The summed E-state index contributed by atoms with van der Waals surface area (Å²) in [5.74, 6) is 0. The third-order valence-corrected chi connectivity index (χ3v) is 3.52. The maximum Gasteiger partial charge on any atom is 0.0369 e. The summed E-state index contributed by atoms with van der Waals surface area (Å²) < 4.78 is 0. The van der Waals surface area contributed by atoms with Crippen LogP contribution >= 0.6 is 0 Å². The van der Waals surface area contributed by atoms with E-state index < -0.39 is 0 Å². The van der Waals surface area contributed by atoms with Crippen molar-refractivity contribution in [2.24, 2.45) is 5.73 Å². The highest BCUT2D eigenvalue weighted by Gasteiger charge is 2.10. The fraction of sp³-hybridized carbons (Fsp3) is 0.571. The average molecular weight is 218 g/mol.